The summed E-state index contributed by atoms with van der Waals surface area (Å²) in [6, 6.07) is 13.0. The third-order valence-electron chi connectivity index (χ3n) is 4.29. The number of primary amides is 1. The minimum Gasteiger partial charge on any atom is -0.398 e. The van der Waals surface area contributed by atoms with E-state index in [-0.39, 0.29) is 0 Å². The highest BCUT2D eigenvalue weighted by Crippen LogP contribution is 2.38. The zero-order valence-corrected chi connectivity index (χ0v) is 14.2. The van der Waals surface area contributed by atoms with Gasteiger partial charge in [0.2, 0.25) is 5.91 Å². The topological polar surface area (TPSA) is 75.6 Å². The van der Waals surface area contributed by atoms with Crippen LogP contribution in [0.5, 0.6) is 0 Å². The molecule has 2 aromatic rings. The van der Waals surface area contributed by atoms with Gasteiger partial charge in [0.15, 0.2) is 0 Å². The maximum Gasteiger partial charge on any atom is 0.249 e. The van der Waals surface area contributed by atoms with Crippen LogP contribution in [0, 0.1) is 0 Å². The molecule has 0 aliphatic carbocycles. The predicted octanol–water partition coefficient (Wildman–Crippen LogP) is 3.40. The fraction of sp³-hybridized carbons (Fsp3) is 0.278. The molecule has 0 saturated carbocycles. The van der Waals surface area contributed by atoms with E-state index < -0.39 is 5.91 Å². The summed E-state index contributed by atoms with van der Waals surface area (Å²) in [5, 5.41) is 2.00. The molecule has 4 N–H and O–H groups in total. The van der Waals surface area contributed by atoms with Crippen molar-refractivity contribution in [1.29, 1.82) is 0 Å². The van der Waals surface area contributed by atoms with E-state index in [1.165, 1.54) is 0 Å². The van der Waals surface area contributed by atoms with Crippen LogP contribution in [0.4, 0.5) is 11.4 Å². The third-order valence-corrected chi connectivity index (χ3v) is 4.64. The maximum atomic E-state index is 12.0. The van der Waals surface area contributed by atoms with Gasteiger partial charge in [-0.05, 0) is 42.8 Å². The van der Waals surface area contributed by atoms with E-state index in [4.69, 9.17) is 23.2 Å². The van der Waals surface area contributed by atoms with E-state index in [1.807, 2.05) is 41.4 Å². The number of hydrogen-bond donors (Lipinski definition) is 2. The van der Waals surface area contributed by atoms with Crippen LogP contribution in [0.15, 0.2) is 42.5 Å². The van der Waals surface area contributed by atoms with Gasteiger partial charge in [0, 0.05) is 35.5 Å². The monoisotopic (exact) mass is 344 g/mol. The molecule has 0 aromatic heterocycles. The summed E-state index contributed by atoms with van der Waals surface area (Å²) < 4.78 is 1.69. The van der Waals surface area contributed by atoms with Crippen LogP contribution in [-0.2, 0) is 0 Å². The van der Waals surface area contributed by atoms with Crippen LogP contribution in [0.2, 0.25) is 0 Å². The van der Waals surface area contributed by atoms with Gasteiger partial charge in [-0.1, -0.05) is 30.7 Å². The minimum absolute atomic E-state index is 0.444. The number of nitrogen functional groups attached to an aromatic ring is 1. The standard InChI is InChI=1S/C18H21ClN4O/c19-23-12-5-1-4-11-22(23)16-10-6-8-14(18(21)24)17(16)13-7-2-3-9-15(13)20/h2-3,6-10H,1,4-5,11-12,20H2,(H2,21,24). The number of rotatable bonds is 3. The Balaban J connectivity index is 2.21. The van der Waals surface area contributed by atoms with E-state index in [9.17, 15) is 4.79 Å². The first-order chi connectivity index (χ1) is 11.6. The van der Waals surface area contributed by atoms with E-state index in [0.717, 1.165) is 49.2 Å². The lowest BCUT2D eigenvalue weighted by molar-refractivity contribution is 0.100. The highest BCUT2D eigenvalue weighted by molar-refractivity contribution is 6.14. The van der Waals surface area contributed by atoms with Gasteiger partial charge in [0.1, 0.15) is 0 Å². The van der Waals surface area contributed by atoms with Gasteiger partial charge in [-0.15, -0.1) is 4.53 Å². The summed E-state index contributed by atoms with van der Waals surface area (Å²) in [7, 11) is 0. The Kier molecular flexibility index (Phi) is 4.92. The molecule has 0 radical (unpaired) electrons. The predicted molar refractivity (Wildman–Crippen MR) is 98.6 cm³/mol. The molecule has 1 aliphatic heterocycles. The Labute approximate surface area is 146 Å². The van der Waals surface area contributed by atoms with Gasteiger partial charge < -0.3 is 11.5 Å². The number of nitrogens with zero attached hydrogens (tertiary/aromatic N) is 2. The molecular weight excluding hydrogens is 324 g/mol. The molecule has 1 saturated heterocycles. The van der Waals surface area contributed by atoms with Crippen molar-refractivity contribution in [2.45, 2.75) is 19.3 Å². The molecule has 5 nitrogen and oxygen atoms in total. The van der Waals surface area contributed by atoms with Gasteiger partial charge in [-0.25, -0.2) is 0 Å². The number of halogens is 1. The number of para-hydroxylation sites is 1. The Morgan fingerprint density at radius 2 is 1.75 bits per heavy atom. The molecule has 24 heavy (non-hydrogen) atoms. The molecular formula is C18H21ClN4O. The summed E-state index contributed by atoms with van der Waals surface area (Å²) in [6.45, 7) is 1.54. The lowest BCUT2D eigenvalue weighted by Gasteiger charge is -2.32. The van der Waals surface area contributed by atoms with Crippen LogP contribution in [0.1, 0.15) is 29.6 Å². The van der Waals surface area contributed by atoms with E-state index >= 15 is 0 Å². The third kappa shape index (κ3) is 3.18. The number of nitrogens with two attached hydrogens (primary N) is 2. The Hall–Kier alpha value is -2.24. The second-order valence-electron chi connectivity index (χ2n) is 5.90. The van der Waals surface area contributed by atoms with Crippen LogP contribution >= 0.6 is 11.8 Å². The Morgan fingerprint density at radius 1 is 1.00 bits per heavy atom. The molecule has 126 valence electrons. The van der Waals surface area contributed by atoms with E-state index in [2.05, 4.69) is 0 Å². The summed E-state index contributed by atoms with van der Waals surface area (Å²) >= 11 is 6.46. The lowest BCUT2D eigenvalue weighted by Crippen LogP contribution is -2.36. The van der Waals surface area contributed by atoms with Gasteiger partial charge >= 0.3 is 0 Å². The molecule has 1 aliphatic rings. The molecule has 6 heteroatoms. The molecule has 0 unspecified atom stereocenters. The first-order valence-corrected chi connectivity index (χ1v) is 8.42. The number of carbonyl (C=O) groups is 1. The Morgan fingerprint density at radius 3 is 2.50 bits per heavy atom. The normalized spacial score (nSPS) is 16.0. The average molecular weight is 345 g/mol. The summed E-state index contributed by atoms with van der Waals surface area (Å²) in [4.78, 5) is 12.0. The van der Waals surface area contributed by atoms with Crippen molar-refractivity contribution in [1.82, 2.24) is 4.53 Å². The zero-order valence-electron chi connectivity index (χ0n) is 13.4. The number of hydrazine groups is 1. The van der Waals surface area contributed by atoms with Crippen molar-refractivity contribution in [3.05, 3.63) is 48.0 Å². The lowest BCUT2D eigenvalue weighted by atomic mass is 9.95. The fourth-order valence-corrected chi connectivity index (χ4v) is 3.39. The van der Waals surface area contributed by atoms with Crippen LogP contribution in [0.3, 0.4) is 0 Å². The molecule has 2 aromatic carbocycles. The van der Waals surface area contributed by atoms with Gasteiger partial charge in [-0.2, -0.15) is 0 Å². The van der Waals surface area contributed by atoms with Crippen LogP contribution < -0.4 is 16.5 Å². The highest BCUT2D eigenvalue weighted by Gasteiger charge is 2.24. The summed E-state index contributed by atoms with van der Waals surface area (Å²) in [5.74, 6) is -0.481. The van der Waals surface area contributed by atoms with Gasteiger partial charge in [0.25, 0.3) is 0 Å². The fourth-order valence-electron chi connectivity index (χ4n) is 3.12. The SMILES string of the molecule is NC(=O)c1cccc(N2CCCCCN2Cl)c1-c1ccccc1N. The van der Waals surface area contributed by atoms with Crippen molar-refractivity contribution in [2.75, 3.05) is 23.8 Å². The Bertz CT molecular complexity index is 750. The molecule has 1 amide bonds. The second kappa shape index (κ2) is 7.11. The highest BCUT2D eigenvalue weighted by atomic mass is 35.5. The minimum atomic E-state index is -0.481. The number of amides is 1. The molecule has 0 atom stereocenters. The van der Waals surface area contributed by atoms with Crippen molar-refractivity contribution >= 4 is 29.1 Å². The van der Waals surface area contributed by atoms with Crippen molar-refractivity contribution in [3.8, 4) is 11.1 Å². The van der Waals surface area contributed by atoms with Crippen LogP contribution in [0.25, 0.3) is 11.1 Å². The number of benzene rings is 2. The molecule has 1 heterocycles. The van der Waals surface area contributed by atoms with E-state index in [1.54, 1.807) is 10.6 Å². The smallest absolute Gasteiger partial charge is 0.249 e. The van der Waals surface area contributed by atoms with Gasteiger partial charge in [0.05, 0.1) is 5.69 Å². The van der Waals surface area contributed by atoms with Crippen molar-refractivity contribution < 1.29 is 4.79 Å². The van der Waals surface area contributed by atoms with Crippen LogP contribution in [-0.4, -0.2) is 23.5 Å². The first-order valence-electron chi connectivity index (χ1n) is 8.08. The number of anilines is 2. The largest absolute Gasteiger partial charge is 0.398 e. The molecule has 1 fully saturated rings. The number of hydrogen-bond acceptors (Lipinski definition) is 4. The molecule has 0 spiro atoms. The van der Waals surface area contributed by atoms with Crippen molar-refractivity contribution in [2.24, 2.45) is 5.73 Å². The molecule has 0 bridgehead atoms. The molecule has 3 rings (SSSR count). The number of carbonyl (C=O) groups excluding carboxylic acids is 1. The van der Waals surface area contributed by atoms with E-state index in [0.29, 0.717) is 11.3 Å². The van der Waals surface area contributed by atoms with Gasteiger partial charge in [-0.3, -0.25) is 9.80 Å². The second-order valence-corrected chi connectivity index (χ2v) is 6.29. The first kappa shape index (κ1) is 16.6. The van der Waals surface area contributed by atoms with Crippen molar-refractivity contribution in [3.63, 3.8) is 0 Å². The maximum absolute atomic E-state index is 12.0. The average Bonchev–Trinajstić information content (AvgIpc) is 2.79. The summed E-state index contributed by atoms with van der Waals surface area (Å²) in [6.07, 6.45) is 3.20. The quantitative estimate of drug-likeness (QED) is 0.661. The summed E-state index contributed by atoms with van der Waals surface area (Å²) in [5.41, 5.74) is 15.2. The zero-order chi connectivity index (χ0) is 17.1.